The first-order valence-corrected chi connectivity index (χ1v) is 9.57. The Kier molecular flexibility index (Phi) is 6.65. The molecular weight excluding hydrogens is 518 g/mol. The van der Waals surface area contributed by atoms with Crippen LogP contribution in [0.5, 0.6) is 11.8 Å². The fraction of sp³-hybridized carbons (Fsp3) is 0. The summed E-state index contributed by atoms with van der Waals surface area (Å²) < 4.78 is 6.37. The van der Waals surface area contributed by atoms with Crippen LogP contribution >= 0.6 is 45.8 Å². The number of anilines is 1. The Hall–Kier alpha value is -2.43. The number of hydrogen-bond acceptors (Lipinski definition) is 5. The molecule has 0 radical (unpaired) electrons. The highest BCUT2D eigenvalue weighted by atomic mass is 127. The van der Waals surface area contributed by atoms with E-state index in [0.717, 1.165) is 3.57 Å². The molecule has 0 aliphatic rings. The Labute approximate surface area is 183 Å². The van der Waals surface area contributed by atoms with Crippen LogP contribution in [0.1, 0.15) is 10.4 Å². The molecule has 1 aromatic heterocycles. The molecule has 0 atom stereocenters. The number of carbonyl (C=O) groups excluding carboxylic acids is 2. The lowest BCUT2D eigenvalue weighted by molar-refractivity contribution is 0.0967. The molecule has 142 valence electrons. The number of rotatable bonds is 4. The normalized spacial score (nSPS) is 10.2. The molecular formula is C18H11Cl2IN4O3. The number of amides is 3. The number of nitrogens with zero attached hydrogens (tertiary/aromatic N) is 2. The van der Waals surface area contributed by atoms with Crippen LogP contribution in [0, 0.1) is 3.57 Å². The summed E-state index contributed by atoms with van der Waals surface area (Å²) in [4.78, 5) is 32.2. The second-order valence-electron chi connectivity index (χ2n) is 5.32. The molecule has 28 heavy (non-hydrogen) atoms. The van der Waals surface area contributed by atoms with Crippen LogP contribution in [0.4, 0.5) is 10.5 Å². The molecule has 0 aliphatic heterocycles. The highest BCUT2D eigenvalue weighted by molar-refractivity contribution is 14.1. The summed E-state index contributed by atoms with van der Waals surface area (Å²) in [6.07, 6.45) is 3.21. The molecule has 1 heterocycles. The summed E-state index contributed by atoms with van der Waals surface area (Å²) in [6.45, 7) is 0. The van der Waals surface area contributed by atoms with E-state index >= 15 is 0 Å². The molecule has 2 N–H and O–H groups in total. The van der Waals surface area contributed by atoms with Crippen LogP contribution < -0.4 is 15.4 Å². The zero-order valence-electron chi connectivity index (χ0n) is 13.9. The first-order valence-electron chi connectivity index (χ1n) is 7.74. The number of halogens is 3. The van der Waals surface area contributed by atoms with E-state index in [2.05, 4.69) is 43.2 Å². The van der Waals surface area contributed by atoms with Crippen molar-refractivity contribution in [3.63, 3.8) is 0 Å². The number of nitrogens with one attached hydrogen (secondary N) is 2. The lowest BCUT2D eigenvalue weighted by Gasteiger charge is -2.10. The number of aromatic nitrogens is 2. The summed E-state index contributed by atoms with van der Waals surface area (Å²) in [5, 5.41) is 5.19. The summed E-state index contributed by atoms with van der Waals surface area (Å²) in [5.41, 5.74) is 0.559. The molecule has 2 aromatic carbocycles. The van der Waals surface area contributed by atoms with Gasteiger partial charge in [-0.05, 0) is 52.9 Å². The van der Waals surface area contributed by atoms with Crippen LogP contribution in [-0.4, -0.2) is 21.9 Å². The molecule has 3 aromatic rings. The average molecular weight is 529 g/mol. The van der Waals surface area contributed by atoms with Crippen LogP contribution in [0.3, 0.4) is 0 Å². The number of hydrogen-bond donors (Lipinski definition) is 2. The fourth-order valence-corrected chi connectivity index (χ4v) is 2.81. The SMILES string of the molecule is O=C(NC(=O)c1ccccc1Cl)Nc1ccc(Oc2ncc(I)cn2)c(Cl)c1. The summed E-state index contributed by atoms with van der Waals surface area (Å²) in [7, 11) is 0. The number of imide groups is 1. The Morgan fingerprint density at radius 2 is 1.71 bits per heavy atom. The molecule has 3 amide bonds. The van der Waals surface area contributed by atoms with Crippen LogP contribution in [0.25, 0.3) is 0 Å². The molecule has 7 nitrogen and oxygen atoms in total. The maximum absolute atomic E-state index is 12.1. The van der Waals surface area contributed by atoms with E-state index in [4.69, 9.17) is 27.9 Å². The van der Waals surface area contributed by atoms with Gasteiger partial charge >= 0.3 is 12.0 Å². The first-order chi connectivity index (χ1) is 13.4. The summed E-state index contributed by atoms with van der Waals surface area (Å²) >= 11 is 14.2. The lowest BCUT2D eigenvalue weighted by Crippen LogP contribution is -2.34. The maximum atomic E-state index is 12.1. The number of carbonyl (C=O) groups is 2. The van der Waals surface area contributed by atoms with Crippen molar-refractivity contribution >= 4 is 63.4 Å². The Balaban J connectivity index is 1.63. The Morgan fingerprint density at radius 1 is 1.00 bits per heavy atom. The third-order valence-electron chi connectivity index (χ3n) is 3.33. The van der Waals surface area contributed by atoms with Crippen molar-refractivity contribution in [3.05, 3.63) is 74.0 Å². The Bertz CT molecular complexity index is 1030. The van der Waals surface area contributed by atoms with Gasteiger partial charge in [0, 0.05) is 21.7 Å². The van der Waals surface area contributed by atoms with Gasteiger partial charge < -0.3 is 10.1 Å². The predicted octanol–water partition coefficient (Wildman–Crippen LogP) is 5.14. The van der Waals surface area contributed by atoms with Crippen molar-refractivity contribution in [1.82, 2.24) is 15.3 Å². The molecule has 0 spiro atoms. The summed E-state index contributed by atoms with van der Waals surface area (Å²) in [6, 6.07) is 10.4. The molecule has 0 bridgehead atoms. The molecule has 10 heteroatoms. The molecule has 0 aliphatic carbocycles. The topological polar surface area (TPSA) is 93.2 Å². The highest BCUT2D eigenvalue weighted by Crippen LogP contribution is 2.30. The second kappa shape index (κ2) is 9.18. The monoisotopic (exact) mass is 528 g/mol. The number of benzene rings is 2. The van der Waals surface area contributed by atoms with E-state index in [0.29, 0.717) is 11.4 Å². The zero-order valence-corrected chi connectivity index (χ0v) is 17.6. The van der Waals surface area contributed by atoms with Gasteiger partial charge in [0.25, 0.3) is 5.91 Å². The second-order valence-corrected chi connectivity index (χ2v) is 7.38. The number of urea groups is 1. The third-order valence-corrected chi connectivity index (χ3v) is 4.52. The van der Waals surface area contributed by atoms with Gasteiger partial charge in [0.05, 0.1) is 15.6 Å². The molecule has 0 unspecified atom stereocenters. The predicted molar refractivity (Wildman–Crippen MR) is 114 cm³/mol. The minimum atomic E-state index is -0.726. The molecule has 3 rings (SSSR count). The van der Waals surface area contributed by atoms with Gasteiger partial charge in [-0.3, -0.25) is 10.1 Å². The van der Waals surface area contributed by atoms with E-state index in [-0.39, 0.29) is 21.6 Å². The van der Waals surface area contributed by atoms with Gasteiger partial charge in [-0.2, -0.15) is 0 Å². The van der Waals surface area contributed by atoms with Crippen molar-refractivity contribution in [1.29, 1.82) is 0 Å². The van der Waals surface area contributed by atoms with Crippen molar-refractivity contribution in [2.45, 2.75) is 0 Å². The van der Waals surface area contributed by atoms with Crippen LogP contribution in [0.2, 0.25) is 10.0 Å². The minimum Gasteiger partial charge on any atom is -0.423 e. The standard InChI is InChI=1S/C18H11Cl2IN4O3/c19-13-4-2-1-3-12(13)16(26)25-17(27)24-11-5-6-15(14(20)7-11)28-18-22-8-10(21)9-23-18/h1-9H,(H2,24,25,26,27). The van der Waals surface area contributed by atoms with Crippen LogP contribution in [0.15, 0.2) is 54.9 Å². The van der Waals surface area contributed by atoms with Crippen molar-refractivity contribution < 1.29 is 14.3 Å². The maximum Gasteiger partial charge on any atom is 0.326 e. The van der Waals surface area contributed by atoms with Gasteiger partial charge in [-0.25, -0.2) is 14.8 Å². The van der Waals surface area contributed by atoms with Crippen molar-refractivity contribution in [2.75, 3.05) is 5.32 Å². The van der Waals surface area contributed by atoms with Crippen LogP contribution in [-0.2, 0) is 0 Å². The molecule has 0 fully saturated rings. The minimum absolute atomic E-state index is 0.145. The number of ether oxygens (including phenoxy) is 1. The van der Waals surface area contributed by atoms with E-state index in [1.165, 1.54) is 12.1 Å². The molecule has 0 saturated heterocycles. The fourth-order valence-electron chi connectivity index (χ4n) is 2.09. The van der Waals surface area contributed by atoms with Crippen molar-refractivity contribution in [3.8, 4) is 11.8 Å². The molecule has 0 saturated carbocycles. The lowest BCUT2D eigenvalue weighted by atomic mass is 10.2. The van der Waals surface area contributed by atoms with E-state index in [1.807, 2.05) is 0 Å². The zero-order chi connectivity index (χ0) is 20.1. The smallest absolute Gasteiger partial charge is 0.326 e. The van der Waals surface area contributed by atoms with Gasteiger partial charge in [0.2, 0.25) is 0 Å². The first kappa shape index (κ1) is 20.3. The van der Waals surface area contributed by atoms with Gasteiger partial charge in [0.15, 0.2) is 0 Å². The van der Waals surface area contributed by atoms with Gasteiger partial charge in [-0.1, -0.05) is 35.3 Å². The highest BCUT2D eigenvalue weighted by Gasteiger charge is 2.14. The average Bonchev–Trinajstić information content (AvgIpc) is 2.66. The van der Waals surface area contributed by atoms with Gasteiger partial charge in [-0.15, -0.1) is 0 Å². The Morgan fingerprint density at radius 3 is 2.39 bits per heavy atom. The summed E-state index contributed by atoms with van der Waals surface area (Å²) in [5.74, 6) is -0.300. The van der Waals surface area contributed by atoms with E-state index in [1.54, 1.807) is 42.7 Å². The third kappa shape index (κ3) is 5.31. The quantitative estimate of drug-likeness (QED) is 0.457. The van der Waals surface area contributed by atoms with E-state index < -0.39 is 11.9 Å². The van der Waals surface area contributed by atoms with Crippen molar-refractivity contribution in [2.24, 2.45) is 0 Å². The van der Waals surface area contributed by atoms with E-state index in [9.17, 15) is 9.59 Å². The van der Waals surface area contributed by atoms with Gasteiger partial charge in [0.1, 0.15) is 5.75 Å². The largest absolute Gasteiger partial charge is 0.423 e.